The van der Waals surface area contributed by atoms with E-state index in [0.717, 1.165) is 16.6 Å². The highest BCUT2D eigenvalue weighted by molar-refractivity contribution is 9.10. The van der Waals surface area contributed by atoms with Gasteiger partial charge in [0.2, 0.25) is 0 Å². The lowest BCUT2D eigenvalue weighted by Crippen LogP contribution is -2.16. The molecule has 1 aromatic rings. The molecule has 72 valence electrons. The molecule has 0 amide bonds. The van der Waals surface area contributed by atoms with E-state index in [0.29, 0.717) is 0 Å². The average molecular weight is 245 g/mol. The number of aliphatic hydroxyl groups excluding tert-OH is 1. The minimum Gasteiger partial charge on any atom is -0.396 e. The maximum atomic E-state index is 8.70. The summed E-state index contributed by atoms with van der Waals surface area (Å²) in [7, 11) is 0. The SMILES string of the molecule is CC(CCO)Nc1cncc(Br)c1. The first kappa shape index (κ1) is 10.5. The first-order chi connectivity index (χ1) is 6.22. The molecule has 1 rings (SSSR count). The van der Waals surface area contributed by atoms with Crippen LogP contribution in [0.15, 0.2) is 22.9 Å². The molecule has 0 aromatic carbocycles. The van der Waals surface area contributed by atoms with Crippen molar-refractivity contribution in [1.29, 1.82) is 0 Å². The number of aliphatic hydroxyl groups is 1. The summed E-state index contributed by atoms with van der Waals surface area (Å²) in [5, 5.41) is 11.9. The second-order valence-corrected chi connectivity index (χ2v) is 3.87. The van der Waals surface area contributed by atoms with Crippen molar-refractivity contribution in [2.45, 2.75) is 19.4 Å². The Bertz CT molecular complexity index is 268. The van der Waals surface area contributed by atoms with Crippen LogP contribution in [0, 0.1) is 0 Å². The standard InChI is InChI=1S/C9H13BrN2O/c1-7(2-3-13)12-9-4-8(10)5-11-6-9/h4-7,12-13H,2-3H2,1H3. The molecule has 4 heteroatoms. The smallest absolute Gasteiger partial charge is 0.0540 e. The van der Waals surface area contributed by atoms with E-state index in [2.05, 4.69) is 26.2 Å². The van der Waals surface area contributed by atoms with Crippen LogP contribution in [0.1, 0.15) is 13.3 Å². The second kappa shape index (κ2) is 5.19. The molecule has 1 aromatic heterocycles. The van der Waals surface area contributed by atoms with Crippen LogP contribution in [0.4, 0.5) is 5.69 Å². The van der Waals surface area contributed by atoms with Gasteiger partial charge < -0.3 is 10.4 Å². The molecule has 0 aliphatic carbocycles. The van der Waals surface area contributed by atoms with Gasteiger partial charge in [0.15, 0.2) is 0 Å². The Morgan fingerprint density at radius 1 is 1.62 bits per heavy atom. The molecule has 1 atom stereocenters. The van der Waals surface area contributed by atoms with Gasteiger partial charge in [-0.1, -0.05) is 0 Å². The van der Waals surface area contributed by atoms with Crippen LogP contribution < -0.4 is 5.32 Å². The Hall–Kier alpha value is -0.610. The van der Waals surface area contributed by atoms with Crippen LogP contribution in [-0.4, -0.2) is 22.7 Å². The molecule has 0 saturated heterocycles. The largest absolute Gasteiger partial charge is 0.396 e. The summed E-state index contributed by atoms with van der Waals surface area (Å²) in [4.78, 5) is 4.03. The van der Waals surface area contributed by atoms with Gasteiger partial charge in [0.05, 0.1) is 11.9 Å². The minimum absolute atomic E-state index is 0.204. The Kier molecular flexibility index (Phi) is 4.18. The van der Waals surface area contributed by atoms with E-state index in [1.807, 2.05) is 13.0 Å². The number of aromatic nitrogens is 1. The van der Waals surface area contributed by atoms with Crippen LogP contribution >= 0.6 is 15.9 Å². The molecular formula is C9H13BrN2O. The predicted octanol–water partition coefficient (Wildman–Crippen LogP) is 2.03. The van der Waals surface area contributed by atoms with E-state index in [1.54, 1.807) is 12.4 Å². The molecule has 1 heterocycles. The fourth-order valence-electron chi connectivity index (χ4n) is 1.04. The van der Waals surface area contributed by atoms with Gasteiger partial charge in [-0.05, 0) is 35.3 Å². The third-order valence-corrected chi connectivity index (χ3v) is 2.11. The van der Waals surface area contributed by atoms with Gasteiger partial charge in [-0.25, -0.2) is 0 Å². The van der Waals surface area contributed by atoms with Crippen molar-refractivity contribution in [3.63, 3.8) is 0 Å². The van der Waals surface area contributed by atoms with Crippen LogP contribution in [0.3, 0.4) is 0 Å². The van der Waals surface area contributed by atoms with E-state index >= 15 is 0 Å². The molecule has 0 bridgehead atoms. The zero-order valence-electron chi connectivity index (χ0n) is 7.50. The van der Waals surface area contributed by atoms with E-state index in [1.165, 1.54) is 0 Å². The number of pyridine rings is 1. The highest BCUT2D eigenvalue weighted by Gasteiger charge is 2.00. The highest BCUT2D eigenvalue weighted by atomic mass is 79.9. The molecule has 3 nitrogen and oxygen atoms in total. The van der Waals surface area contributed by atoms with Crippen molar-refractivity contribution >= 4 is 21.6 Å². The zero-order valence-corrected chi connectivity index (χ0v) is 9.08. The molecular weight excluding hydrogens is 232 g/mol. The lowest BCUT2D eigenvalue weighted by Gasteiger charge is -2.13. The van der Waals surface area contributed by atoms with Crippen LogP contribution in [0.5, 0.6) is 0 Å². The van der Waals surface area contributed by atoms with Gasteiger partial charge in [-0.2, -0.15) is 0 Å². The van der Waals surface area contributed by atoms with Gasteiger partial charge in [-0.3, -0.25) is 4.98 Å². The van der Waals surface area contributed by atoms with Gasteiger partial charge in [0, 0.05) is 23.3 Å². The Morgan fingerprint density at radius 3 is 3.00 bits per heavy atom. The van der Waals surface area contributed by atoms with E-state index in [-0.39, 0.29) is 12.6 Å². The fraction of sp³-hybridized carbons (Fsp3) is 0.444. The number of hydrogen-bond donors (Lipinski definition) is 2. The third-order valence-electron chi connectivity index (χ3n) is 1.68. The van der Waals surface area contributed by atoms with Crippen molar-refractivity contribution < 1.29 is 5.11 Å². The summed E-state index contributed by atoms with van der Waals surface area (Å²) in [6.07, 6.45) is 4.24. The molecule has 0 saturated carbocycles. The second-order valence-electron chi connectivity index (χ2n) is 2.95. The Labute approximate surface area is 86.3 Å². The lowest BCUT2D eigenvalue weighted by atomic mass is 10.2. The monoisotopic (exact) mass is 244 g/mol. The number of nitrogens with one attached hydrogen (secondary N) is 1. The van der Waals surface area contributed by atoms with Gasteiger partial charge in [0.1, 0.15) is 0 Å². The predicted molar refractivity (Wildman–Crippen MR) is 56.7 cm³/mol. The Balaban J connectivity index is 2.53. The number of rotatable bonds is 4. The molecule has 1 unspecified atom stereocenters. The van der Waals surface area contributed by atoms with E-state index < -0.39 is 0 Å². The van der Waals surface area contributed by atoms with Crippen LogP contribution in [0.25, 0.3) is 0 Å². The van der Waals surface area contributed by atoms with Crippen molar-refractivity contribution in [1.82, 2.24) is 4.98 Å². The summed E-state index contributed by atoms with van der Waals surface area (Å²) >= 11 is 3.34. The van der Waals surface area contributed by atoms with Crippen molar-refractivity contribution in [3.05, 3.63) is 22.9 Å². The summed E-state index contributed by atoms with van der Waals surface area (Å²) in [5.41, 5.74) is 0.968. The van der Waals surface area contributed by atoms with Crippen LogP contribution in [0.2, 0.25) is 0 Å². The molecule has 13 heavy (non-hydrogen) atoms. The maximum absolute atomic E-state index is 8.70. The molecule has 0 fully saturated rings. The number of halogens is 1. The summed E-state index contributed by atoms with van der Waals surface area (Å²) in [6.45, 7) is 2.23. The van der Waals surface area contributed by atoms with Crippen molar-refractivity contribution in [2.24, 2.45) is 0 Å². The van der Waals surface area contributed by atoms with Crippen LogP contribution in [-0.2, 0) is 0 Å². The van der Waals surface area contributed by atoms with E-state index in [4.69, 9.17) is 5.11 Å². The van der Waals surface area contributed by atoms with Gasteiger partial charge in [-0.15, -0.1) is 0 Å². The minimum atomic E-state index is 0.204. The molecule has 0 aliphatic heterocycles. The summed E-state index contributed by atoms with van der Waals surface area (Å²) in [6, 6.07) is 2.22. The number of anilines is 1. The first-order valence-electron chi connectivity index (χ1n) is 4.20. The lowest BCUT2D eigenvalue weighted by molar-refractivity contribution is 0.282. The molecule has 0 spiro atoms. The molecule has 0 radical (unpaired) electrons. The maximum Gasteiger partial charge on any atom is 0.0540 e. The van der Waals surface area contributed by atoms with E-state index in [9.17, 15) is 0 Å². The van der Waals surface area contributed by atoms with Crippen molar-refractivity contribution in [3.8, 4) is 0 Å². The summed E-state index contributed by atoms with van der Waals surface area (Å²) < 4.78 is 0.952. The molecule has 2 N–H and O–H groups in total. The number of hydrogen-bond acceptors (Lipinski definition) is 3. The Morgan fingerprint density at radius 2 is 2.38 bits per heavy atom. The van der Waals surface area contributed by atoms with Gasteiger partial charge in [0.25, 0.3) is 0 Å². The average Bonchev–Trinajstić information content (AvgIpc) is 2.04. The third kappa shape index (κ3) is 3.74. The normalized spacial score (nSPS) is 12.5. The highest BCUT2D eigenvalue weighted by Crippen LogP contribution is 2.14. The number of nitrogens with zero attached hydrogens (tertiary/aromatic N) is 1. The van der Waals surface area contributed by atoms with Gasteiger partial charge >= 0.3 is 0 Å². The first-order valence-corrected chi connectivity index (χ1v) is 4.99. The zero-order chi connectivity index (χ0) is 9.68. The topological polar surface area (TPSA) is 45.1 Å². The quantitative estimate of drug-likeness (QED) is 0.853. The fourth-order valence-corrected chi connectivity index (χ4v) is 1.41. The van der Waals surface area contributed by atoms with Crippen molar-refractivity contribution in [2.75, 3.05) is 11.9 Å². The summed E-state index contributed by atoms with van der Waals surface area (Å²) in [5.74, 6) is 0. The molecule has 0 aliphatic rings.